The summed E-state index contributed by atoms with van der Waals surface area (Å²) in [4.78, 5) is 0. The van der Waals surface area contributed by atoms with E-state index in [1.54, 1.807) is 5.69 Å². The van der Waals surface area contributed by atoms with Crippen LogP contribution in [0.3, 0.4) is 0 Å². The molecule has 0 atom stereocenters. The summed E-state index contributed by atoms with van der Waals surface area (Å²) < 4.78 is 1.17. The number of unbranched alkanes of at least 4 members (excludes halogenated alkanes) is 7. The monoisotopic (exact) mass is 385 g/mol. The van der Waals surface area contributed by atoms with Crippen molar-refractivity contribution in [3.05, 3.63) is 42.5 Å². The third-order valence-electron chi connectivity index (χ3n) is 6.02. The molecule has 0 amide bonds. The van der Waals surface area contributed by atoms with Crippen molar-refractivity contribution in [1.29, 1.82) is 0 Å². The van der Waals surface area contributed by atoms with Crippen LogP contribution in [0, 0.1) is 0 Å². The van der Waals surface area contributed by atoms with Crippen molar-refractivity contribution in [2.75, 3.05) is 19.6 Å². The lowest BCUT2D eigenvalue weighted by atomic mass is 10.0. The standard InChI is InChI=1S/C26H42N.H2O/c1-4-7-8-9-10-11-12-15-23-27(21-5-2,22-6-3)26-20-16-18-24-17-13-14-19-25(24)26;/h13-14,16-20H,4-12,15,21-23H2,1-3H3;1H2/q+1;/p-1. The van der Waals surface area contributed by atoms with Crippen molar-refractivity contribution in [3.63, 3.8) is 0 Å². The molecule has 0 fully saturated rings. The molecule has 0 spiro atoms. The van der Waals surface area contributed by atoms with Gasteiger partial charge in [0, 0.05) is 5.39 Å². The highest BCUT2D eigenvalue weighted by Crippen LogP contribution is 2.33. The van der Waals surface area contributed by atoms with E-state index in [0.29, 0.717) is 0 Å². The van der Waals surface area contributed by atoms with Crippen molar-refractivity contribution in [2.24, 2.45) is 0 Å². The van der Waals surface area contributed by atoms with Gasteiger partial charge in [0.1, 0.15) is 5.69 Å². The molecule has 2 nitrogen and oxygen atoms in total. The second kappa shape index (κ2) is 13.7. The van der Waals surface area contributed by atoms with Crippen molar-refractivity contribution >= 4 is 16.5 Å². The molecule has 0 saturated carbocycles. The summed E-state index contributed by atoms with van der Waals surface area (Å²) in [6.45, 7) is 10.8. The van der Waals surface area contributed by atoms with Crippen molar-refractivity contribution in [2.45, 2.75) is 85.0 Å². The van der Waals surface area contributed by atoms with Gasteiger partial charge < -0.3 is 5.48 Å². The molecule has 2 aromatic carbocycles. The Morgan fingerprint density at radius 3 is 1.79 bits per heavy atom. The second-order valence-electron chi connectivity index (χ2n) is 8.29. The highest BCUT2D eigenvalue weighted by atomic mass is 16.0. The van der Waals surface area contributed by atoms with Crippen LogP contribution in [0.15, 0.2) is 42.5 Å². The maximum absolute atomic E-state index is 2.40. The Kier molecular flexibility index (Phi) is 12.1. The largest absolute Gasteiger partial charge is 0.870 e. The van der Waals surface area contributed by atoms with Crippen LogP contribution >= 0.6 is 0 Å². The highest BCUT2D eigenvalue weighted by Gasteiger charge is 2.29. The first-order valence-electron chi connectivity index (χ1n) is 11.6. The molecule has 0 heterocycles. The van der Waals surface area contributed by atoms with E-state index in [-0.39, 0.29) is 5.48 Å². The fraction of sp³-hybridized carbons (Fsp3) is 0.615. The van der Waals surface area contributed by atoms with Crippen LogP contribution in [0.5, 0.6) is 0 Å². The molecular weight excluding hydrogens is 342 g/mol. The third-order valence-corrected chi connectivity index (χ3v) is 6.02. The summed E-state index contributed by atoms with van der Waals surface area (Å²) in [7, 11) is 0. The van der Waals surface area contributed by atoms with Gasteiger partial charge in [-0.1, -0.05) is 89.6 Å². The molecule has 0 saturated heterocycles. The van der Waals surface area contributed by atoms with Gasteiger partial charge in [-0.3, -0.25) is 4.48 Å². The lowest BCUT2D eigenvalue weighted by Crippen LogP contribution is -2.51. The summed E-state index contributed by atoms with van der Waals surface area (Å²) in [5, 5.41) is 2.85. The van der Waals surface area contributed by atoms with E-state index in [1.807, 2.05) is 0 Å². The van der Waals surface area contributed by atoms with E-state index < -0.39 is 0 Å². The Bertz CT molecular complexity index is 640. The van der Waals surface area contributed by atoms with E-state index in [0.717, 1.165) is 0 Å². The minimum Gasteiger partial charge on any atom is -0.870 e. The third kappa shape index (κ3) is 6.90. The predicted octanol–water partition coefficient (Wildman–Crippen LogP) is 7.93. The smallest absolute Gasteiger partial charge is 0.140 e. The average Bonchev–Trinajstić information content (AvgIpc) is 2.70. The molecule has 1 N–H and O–H groups in total. The van der Waals surface area contributed by atoms with Crippen LogP contribution in [-0.4, -0.2) is 25.1 Å². The molecule has 0 bridgehead atoms. The Balaban J connectivity index is 0.00000392. The minimum atomic E-state index is 0. The summed E-state index contributed by atoms with van der Waals surface area (Å²) in [5.74, 6) is 0. The zero-order chi connectivity index (χ0) is 19.4. The van der Waals surface area contributed by atoms with Crippen LogP contribution in [0.25, 0.3) is 10.8 Å². The quantitative estimate of drug-likeness (QED) is 0.240. The summed E-state index contributed by atoms with van der Waals surface area (Å²) >= 11 is 0. The second-order valence-corrected chi connectivity index (χ2v) is 8.29. The van der Waals surface area contributed by atoms with Crippen molar-refractivity contribution in [1.82, 2.24) is 4.48 Å². The molecule has 0 aliphatic carbocycles. The van der Waals surface area contributed by atoms with Crippen molar-refractivity contribution in [3.8, 4) is 0 Å². The maximum atomic E-state index is 2.40. The van der Waals surface area contributed by atoms with E-state index >= 15 is 0 Å². The molecule has 0 aliphatic rings. The predicted molar refractivity (Wildman–Crippen MR) is 125 cm³/mol. The van der Waals surface area contributed by atoms with Gasteiger partial charge in [-0.25, -0.2) is 0 Å². The van der Waals surface area contributed by atoms with Gasteiger partial charge in [-0.15, -0.1) is 0 Å². The highest BCUT2D eigenvalue weighted by molar-refractivity contribution is 5.93. The van der Waals surface area contributed by atoms with Gasteiger partial charge in [0.2, 0.25) is 0 Å². The SMILES string of the molecule is CCCCCCCCCC[N+](CCC)(CCC)c1cccc2ccccc12.[OH-]. The first kappa shape index (κ1) is 24.7. The molecule has 2 heteroatoms. The van der Waals surface area contributed by atoms with Gasteiger partial charge >= 0.3 is 0 Å². The Hall–Kier alpha value is -1.38. The van der Waals surface area contributed by atoms with Crippen LogP contribution in [0.1, 0.15) is 85.0 Å². The molecule has 0 radical (unpaired) electrons. The first-order valence-corrected chi connectivity index (χ1v) is 11.6. The van der Waals surface area contributed by atoms with E-state index in [9.17, 15) is 0 Å². The number of nitrogens with zero attached hydrogens (tertiary/aromatic N) is 1. The minimum absolute atomic E-state index is 0. The number of hydrogen-bond donors (Lipinski definition) is 0. The van der Waals surface area contributed by atoms with Gasteiger partial charge in [0.15, 0.2) is 0 Å². The Morgan fingerprint density at radius 1 is 0.571 bits per heavy atom. The number of hydrogen-bond acceptors (Lipinski definition) is 1. The number of rotatable bonds is 14. The number of benzene rings is 2. The number of quaternary nitrogens is 1. The molecule has 0 aliphatic heterocycles. The van der Waals surface area contributed by atoms with Gasteiger partial charge in [-0.05, 0) is 43.2 Å². The van der Waals surface area contributed by atoms with Gasteiger partial charge in [0.05, 0.1) is 19.6 Å². The molecule has 2 rings (SSSR count). The molecule has 28 heavy (non-hydrogen) atoms. The Morgan fingerprint density at radius 2 is 1.14 bits per heavy atom. The van der Waals surface area contributed by atoms with Gasteiger partial charge in [0.25, 0.3) is 0 Å². The molecule has 0 unspecified atom stereocenters. The zero-order valence-electron chi connectivity index (χ0n) is 18.6. The molecular formula is C26H43NO. The summed E-state index contributed by atoms with van der Waals surface area (Å²) in [6.07, 6.45) is 13.7. The van der Waals surface area contributed by atoms with Crippen LogP contribution < -0.4 is 4.48 Å². The van der Waals surface area contributed by atoms with E-state index in [2.05, 4.69) is 63.2 Å². The van der Waals surface area contributed by atoms with E-state index in [1.165, 1.54) is 99.1 Å². The summed E-state index contributed by atoms with van der Waals surface area (Å²) in [5.41, 5.74) is 1.56. The lowest BCUT2D eigenvalue weighted by molar-refractivity contribution is 0.267. The Labute approximate surface area is 173 Å². The molecule has 2 aromatic rings. The first-order chi connectivity index (χ1) is 13.3. The van der Waals surface area contributed by atoms with Crippen LogP contribution in [0.2, 0.25) is 0 Å². The average molecular weight is 386 g/mol. The van der Waals surface area contributed by atoms with Crippen LogP contribution in [-0.2, 0) is 0 Å². The van der Waals surface area contributed by atoms with Crippen molar-refractivity contribution < 1.29 is 5.48 Å². The number of fused-ring (bicyclic) bond motifs is 1. The fourth-order valence-corrected chi connectivity index (χ4v) is 4.72. The van der Waals surface area contributed by atoms with E-state index in [4.69, 9.17) is 0 Å². The fourth-order valence-electron chi connectivity index (χ4n) is 4.72. The summed E-state index contributed by atoms with van der Waals surface area (Å²) in [6, 6.07) is 15.9. The maximum Gasteiger partial charge on any atom is 0.140 e. The molecule has 0 aromatic heterocycles. The van der Waals surface area contributed by atoms with Crippen LogP contribution in [0.4, 0.5) is 5.69 Å². The topological polar surface area (TPSA) is 30.0 Å². The molecule has 158 valence electrons. The zero-order valence-corrected chi connectivity index (χ0v) is 18.6. The van der Waals surface area contributed by atoms with Gasteiger partial charge in [-0.2, -0.15) is 0 Å². The normalized spacial score (nSPS) is 11.5. The lowest BCUT2D eigenvalue weighted by Gasteiger charge is -2.39.